The van der Waals surface area contributed by atoms with Crippen molar-refractivity contribution in [2.75, 3.05) is 0 Å². The number of hydrogen-bond donors (Lipinski definition) is 0. The van der Waals surface area contributed by atoms with Crippen LogP contribution in [0.4, 0.5) is 4.79 Å². The van der Waals surface area contributed by atoms with E-state index in [0.717, 1.165) is 28.5 Å². The highest BCUT2D eigenvalue weighted by Gasteiger charge is 2.35. The van der Waals surface area contributed by atoms with Crippen LogP contribution in [0.5, 0.6) is 5.75 Å². The Morgan fingerprint density at radius 1 is 0.968 bits per heavy atom. The van der Waals surface area contributed by atoms with Crippen LogP contribution in [0, 0.1) is 6.92 Å². The number of amides is 2. The molecule has 3 aromatic rings. The van der Waals surface area contributed by atoms with Crippen molar-refractivity contribution < 1.29 is 14.3 Å². The van der Waals surface area contributed by atoms with Crippen LogP contribution < -0.4 is 4.74 Å². The first kappa shape index (κ1) is 21.2. The van der Waals surface area contributed by atoms with E-state index in [4.69, 9.17) is 16.3 Å². The van der Waals surface area contributed by atoms with Gasteiger partial charge in [0.05, 0.1) is 11.4 Å². The highest BCUT2D eigenvalue weighted by atomic mass is 35.5. The highest BCUT2D eigenvalue weighted by Crippen LogP contribution is 2.35. The minimum Gasteiger partial charge on any atom is -0.488 e. The summed E-state index contributed by atoms with van der Waals surface area (Å²) in [4.78, 5) is 26.9. The van der Waals surface area contributed by atoms with Crippen LogP contribution in [0.15, 0.2) is 77.7 Å². The van der Waals surface area contributed by atoms with Gasteiger partial charge in [-0.25, -0.2) is 0 Å². The lowest BCUT2D eigenvalue weighted by Gasteiger charge is -2.12. The molecule has 156 valence electrons. The molecule has 6 heteroatoms. The van der Waals surface area contributed by atoms with Crippen molar-refractivity contribution in [2.24, 2.45) is 0 Å². The number of imide groups is 1. The van der Waals surface area contributed by atoms with Crippen LogP contribution in [0.3, 0.4) is 0 Å². The van der Waals surface area contributed by atoms with E-state index in [0.29, 0.717) is 22.3 Å². The van der Waals surface area contributed by atoms with Gasteiger partial charge in [-0.05, 0) is 54.1 Å². The average molecular weight is 450 g/mol. The van der Waals surface area contributed by atoms with Gasteiger partial charge in [-0.3, -0.25) is 14.5 Å². The maximum Gasteiger partial charge on any atom is 0.293 e. The summed E-state index contributed by atoms with van der Waals surface area (Å²) in [7, 11) is 0. The van der Waals surface area contributed by atoms with E-state index in [-0.39, 0.29) is 17.7 Å². The molecule has 4 nitrogen and oxygen atoms in total. The molecule has 0 aromatic heterocycles. The number of rotatable bonds is 6. The molecule has 1 heterocycles. The molecule has 2 amide bonds. The van der Waals surface area contributed by atoms with Gasteiger partial charge in [0.2, 0.25) is 0 Å². The lowest BCUT2D eigenvalue weighted by molar-refractivity contribution is -0.123. The molecule has 4 rings (SSSR count). The fourth-order valence-electron chi connectivity index (χ4n) is 3.24. The first-order valence-corrected chi connectivity index (χ1v) is 11.0. The number of benzene rings is 3. The zero-order valence-corrected chi connectivity index (χ0v) is 18.5. The van der Waals surface area contributed by atoms with Crippen LogP contribution in [0.2, 0.25) is 5.02 Å². The van der Waals surface area contributed by atoms with Gasteiger partial charge in [-0.1, -0.05) is 71.8 Å². The molecule has 0 unspecified atom stereocenters. The van der Waals surface area contributed by atoms with Crippen molar-refractivity contribution >= 4 is 40.6 Å². The fraction of sp³-hybridized carbons (Fsp3) is 0.120. The van der Waals surface area contributed by atoms with E-state index < -0.39 is 0 Å². The Bertz CT molecular complexity index is 1160. The van der Waals surface area contributed by atoms with Gasteiger partial charge in [0.1, 0.15) is 12.4 Å². The predicted octanol–water partition coefficient (Wildman–Crippen LogP) is 6.46. The normalized spacial score (nSPS) is 15.0. The lowest BCUT2D eigenvalue weighted by atomic mass is 10.1. The summed E-state index contributed by atoms with van der Waals surface area (Å²) in [6.45, 7) is 2.67. The quantitative estimate of drug-likeness (QED) is 0.405. The van der Waals surface area contributed by atoms with Gasteiger partial charge < -0.3 is 4.74 Å². The topological polar surface area (TPSA) is 46.6 Å². The van der Waals surface area contributed by atoms with Crippen LogP contribution in [0.1, 0.15) is 22.3 Å². The second-order valence-corrected chi connectivity index (χ2v) is 8.64. The Morgan fingerprint density at radius 3 is 2.52 bits per heavy atom. The molecule has 3 aromatic carbocycles. The van der Waals surface area contributed by atoms with Gasteiger partial charge in [0.25, 0.3) is 11.1 Å². The van der Waals surface area contributed by atoms with E-state index in [1.54, 1.807) is 18.2 Å². The van der Waals surface area contributed by atoms with Gasteiger partial charge in [-0.15, -0.1) is 0 Å². The first-order chi connectivity index (χ1) is 15.0. The second kappa shape index (κ2) is 9.41. The molecule has 0 N–H and O–H groups in total. The van der Waals surface area contributed by atoms with Gasteiger partial charge >= 0.3 is 0 Å². The molecule has 1 aliphatic rings. The van der Waals surface area contributed by atoms with Crippen LogP contribution in [0.25, 0.3) is 6.08 Å². The number of carbonyl (C=O) groups excluding carboxylic acids is 2. The molecule has 1 aliphatic heterocycles. The van der Waals surface area contributed by atoms with Crippen molar-refractivity contribution in [1.29, 1.82) is 0 Å². The van der Waals surface area contributed by atoms with Crippen LogP contribution in [-0.4, -0.2) is 16.0 Å². The summed E-state index contributed by atoms with van der Waals surface area (Å²) in [6.07, 6.45) is 1.72. The fourth-order valence-corrected chi connectivity index (χ4v) is 4.20. The second-order valence-electron chi connectivity index (χ2n) is 7.21. The maximum atomic E-state index is 12.9. The number of para-hydroxylation sites is 1. The molecule has 0 bridgehead atoms. The van der Waals surface area contributed by atoms with E-state index >= 15 is 0 Å². The molecule has 0 aliphatic carbocycles. The highest BCUT2D eigenvalue weighted by molar-refractivity contribution is 8.18. The number of aryl methyl sites for hydroxylation is 1. The minimum absolute atomic E-state index is 0.213. The predicted molar refractivity (Wildman–Crippen MR) is 125 cm³/mol. The molecule has 1 saturated heterocycles. The number of hydrogen-bond acceptors (Lipinski definition) is 4. The zero-order valence-electron chi connectivity index (χ0n) is 16.9. The van der Waals surface area contributed by atoms with Crippen molar-refractivity contribution in [3.8, 4) is 5.75 Å². The Balaban J connectivity index is 1.51. The molecule has 0 spiro atoms. The minimum atomic E-state index is -0.307. The van der Waals surface area contributed by atoms with Gasteiger partial charge in [0.15, 0.2) is 0 Å². The maximum absolute atomic E-state index is 12.9. The van der Waals surface area contributed by atoms with E-state index in [1.165, 1.54) is 10.5 Å². The van der Waals surface area contributed by atoms with Crippen LogP contribution >= 0.6 is 23.4 Å². The van der Waals surface area contributed by atoms with Crippen molar-refractivity contribution in [3.05, 3.63) is 105 Å². The smallest absolute Gasteiger partial charge is 0.293 e. The third-order valence-electron chi connectivity index (χ3n) is 4.81. The van der Waals surface area contributed by atoms with Crippen molar-refractivity contribution in [1.82, 2.24) is 4.90 Å². The summed E-state index contributed by atoms with van der Waals surface area (Å²) < 4.78 is 6.01. The lowest BCUT2D eigenvalue weighted by Crippen LogP contribution is -2.27. The molecular formula is C25H20ClNO3S. The third-order valence-corrected chi connectivity index (χ3v) is 5.97. The Kier molecular flexibility index (Phi) is 6.44. The molecule has 0 saturated carbocycles. The molecule has 0 atom stereocenters. The molecule has 1 fully saturated rings. The SMILES string of the molecule is Cc1cccc(COc2ccccc2/C=C2\SC(=O)N(Cc3ccc(Cl)cc3)C2=O)c1. The summed E-state index contributed by atoms with van der Waals surface area (Å²) >= 11 is 6.85. The Hall–Kier alpha value is -3.02. The van der Waals surface area contributed by atoms with Gasteiger partial charge in [0, 0.05) is 10.6 Å². The number of ether oxygens (including phenoxy) is 1. The third kappa shape index (κ3) is 5.19. The average Bonchev–Trinajstić information content (AvgIpc) is 3.02. The number of carbonyl (C=O) groups is 2. The summed E-state index contributed by atoms with van der Waals surface area (Å²) in [5, 5.41) is 0.324. The van der Waals surface area contributed by atoms with Crippen molar-refractivity contribution in [2.45, 2.75) is 20.1 Å². The molecular weight excluding hydrogens is 430 g/mol. The Labute approximate surface area is 190 Å². The summed E-state index contributed by atoms with van der Waals surface area (Å²) in [5.41, 5.74) is 3.84. The molecule has 31 heavy (non-hydrogen) atoms. The van der Waals surface area contributed by atoms with E-state index in [1.807, 2.05) is 61.5 Å². The number of halogens is 1. The van der Waals surface area contributed by atoms with Crippen LogP contribution in [-0.2, 0) is 17.9 Å². The Morgan fingerprint density at radius 2 is 1.74 bits per heavy atom. The summed E-state index contributed by atoms with van der Waals surface area (Å²) in [6, 6.07) is 22.7. The van der Waals surface area contributed by atoms with E-state index in [9.17, 15) is 9.59 Å². The number of nitrogens with zero attached hydrogens (tertiary/aromatic N) is 1. The summed E-state index contributed by atoms with van der Waals surface area (Å²) in [5.74, 6) is 0.354. The number of thioether (sulfide) groups is 1. The van der Waals surface area contributed by atoms with Crippen molar-refractivity contribution in [3.63, 3.8) is 0 Å². The first-order valence-electron chi connectivity index (χ1n) is 9.77. The van der Waals surface area contributed by atoms with E-state index in [2.05, 4.69) is 6.07 Å². The largest absolute Gasteiger partial charge is 0.488 e. The zero-order chi connectivity index (χ0) is 21.8. The molecule has 0 radical (unpaired) electrons. The monoisotopic (exact) mass is 449 g/mol. The standard InChI is InChI=1S/C25H20ClNO3S/c1-17-5-4-6-19(13-17)16-30-22-8-3-2-7-20(22)14-23-24(28)27(25(29)31-23)15-18-9-11-21(26)12-10-18/h2-14H,15-16H2,1H3/b23-14-. The van der Waals surface area contributed by atoms with Gasteiger partial charge in [-0.2, -0.15) is 0 Å².